The highest BCUT2D eigenvalue weighted by Gasteiger charge is 2.19. The number of thiophene rings is 1. The summed E-state index contributed by atoms with van der Waals surface area (Å²) in [5, 5.41) is 9.38. The Morgan fingerprint density at radius 3 is 2.74 bits per heavy atom. The summed E-state index contributed by atoms with van der Waals surface area (Å²) in [6.07, 6.45) is 0. The van der Waals surface area contributed by atoms with E-state index in [1.165, 1.54) is 11.8 Å². The third kappa shape index (κ3) is 3.62. The number of hydrogen-bond acceptors (Lipinski definition) is 6. The Kier molecular flexibility index (Phi) is 4.78. The number of nitrogens with zero attached hydrogens (tertiary/aromatic N) is 2. The molecule has 0 saturated carbocycles. The molecule has 7 heteroatoms. The Balaban J connectivity index is 1.68. The second kappa shape index (κ2) is 6.97. The van der Waals surface area contributed by atoms with Gasteiger partial charge in [0, 0.05) is 5.56 Å². The third-order valence-electron chi connectivity index (χ3n) is 3.25. The number of thioether (sulfide) groups is 1. The Morgan fingerprint density at radius 1 is 1.30 bits per heavy atom. The van der Waals surface area contributed by atoms with E-state index >= 15 is 0 Å². The van der Waals surface area contributed by atoms with Crippen molar-refractivity contribution in [1.29, 1.82) is 0 Å². The van der Waals surface area contributed by atoms with E-state index in [0.29, 0.717) is 10.7 Å². The molecule has 0 fully saturated rings. The summed E-state index contributed by atoms with van der Waals surface area (Å²) < 4.78 is 5.10. The minimum atomic E-state index is -0.268. The molecule has 0 amide bonds. The molecule has 1 atom stereocenters. The number of Topliss-reactive ketones (excluding diaryl/α,β-unsaturated/α-hetero) is 1. The van der Waals surface area contributed by atoms with Gasteiger partial charge in [0.2, 0.25) is 5.16 Å². The number of H-pyrrole nitrogens is 1. The average molecular weight is 345 g/mol. The molecule has 118 valence electrons. The summed E-state index contributed by atoms with van der Waals surface area (Å²) >= 11 is 2.94. The quantitative estimate of drug-likeness (QED) is 0.542. The van der Waals surface area contributed by atoms with Crippen LogP contribution < -0.4 is 4.74 Å². The standard InChI is InChI=1S/C16H15N3O2S2/c1-10(14(20)11-5-7-12(21-2)8-6-11)23-16-17-15(18-19-16)13-4-3-9-22-13/h3-10H,1-2H3,(H,17,18,19). The van der Waals surface area contributed by atoms with E-state index in [-0.39, 0.29) is 11.0 Å². The number of ether oxygens (including phenoxy) is 1. The van der Waals surface area contributed by atoms with E-state index in [2.05, 4.69) is 15.2 Å². The van der Waals surface area contributed by atoms with Crippen molar-refractivity contribution in [3.05, 3.63) is 47.3 Å². The van der Waals surface area contributed by atoms with Crippen LogP contribution in [0.25, 0.3) is 10.7 Å². The van der Waals surface area contributed by atoms with Gasteiger partial charge in [0.05, 0.1) is 17.2 Å². The lowest BCUT2D eigenvalue weighted by molar-refractivity contribution is 0.0994. The number of nitrogens with one attached hydrogen (secondary N) is 1. The van der Waals surface area contributed by atoms with Crippen LogP contribution in [0.15, 0.2) is 46.9 Å². The molecule has 0 bridgehead atoms. The number of carbonyl (C=O) groups is 1. The summed E-state index contributed by atoms with van der Waals surface area (Å²) in [6.45, 7) is 1.86. The first-order valence-electron chi connectivity index (χ1n) is 6.98. The molecule has 0 aliphatic rings. The van der Waals surface area contributed by atoms with E-state index in [1.54, 1.807) is 42.7 Å². The van der Waals surface area contributed by atoms with Crippen molar-refractivity contribution >= 4 is 28.9 Å². The maximum Gasteiger partial charge on any atom is 0.209 e. The molecule has 1 N–H and O–H groups in total. The minimum absolute atomic E-state index is 0.0418. The molecule has 0 saturated heterocycles. The van der Waals surface area contributed by atoms with Crippen LogP contribution in [0, 0.1) is 0 Å². The number of ketones is 1. The van der Waals surface area contributed by atoms with Crippen molar-refractivity contribution in [1.82, 2.24) is 15.2 Å². The normalized spacial score (nSPS) is 12.1. The van der Waals surface area contributed by atoms with Crippen LogP contribution in [0.1, 0.15) is 17.3 Å². The van der Waals surface area contributed by atoms with Gasteiger partial charge in [-0.05, 0) is 42.6 Å². The molecule has 23 heavy (non-hydrogen) atoms. The first-order chi connectivity index (χ1) is 11.2. The zero-order valence-electron chi connectivity index (χ0n) is 12.6. The number of hydrogen-bond donors (Lipinski definition) is 1. The monoisotopic (exact) mass is 345 g/mol. The van der Waals surface area contributed by atoms with E-state index in [9.17, 15) is 4.79 Å². The van der Waals surface area contributed by atoms with Gasteiger partial charge in [-0.1, -0.05) is 17.8 Å². The second-order valence-electron chi connectivity index (χ2n) is 4.80. The maximum atomic E-state index is 12.5. The lowest BCUT2D eigenvalue weighted by Crippen LogP contribution is -2.13. The van der Waals surface area contributed by atoms with Crippen molar-refractivity contribution in [2.45, 2.75) is 17.3 Å². The van der Waals surface area contributed by atoms with Gasteiger partial charge < -0.3 is 4.74 Å². The van der Waals surface area contributed by atoms with E-state index < -0.39 is 0 Å². The van der Waals surface area contributed by atoms with E-state index in [0.717, 1.165) is 16.5 Å². The molecule has 1 aromatic carbocycles. The van der Waals surface area contributed by atoms with Gasteiger partial charge in [-0.25, -0.2) is 4.98 Å². The Bertz CT molecular complexity index is 782. The van der Waals surface area contributed by atoms with Gasteiger partial charge in [-0.2, -0.15) is 0 Å². The number of carbonyl (C=O) groups excluding carboxylic acids is 1. The van der Waals surface area contributed by atoms with Crippen LogP contribution in [0.5, 0.6) is 5.75 Å². The van der Waals surface area contributed by atoms with Crippen LogP contribution in [0.2, 0.25) is 0 Å². The number of aromatic nitrogens is 3. The van der Waals surface area contributed by atoms with E-state index in [1.807, 2.05) is 24.4 Å². The summed E-state index contributed by atoms with van der Waals surface area (Å²) in [6, 6.07) is 11.1. The average Bonchev–Trinajstić information content (AvgIpc) is 3.25. The van der Waals surface area contributed by atoms with Crippen LogP contribution in [0.4, 0.5) is 0 Å². The second-order valence-corrected chi connectivity index (χ2v) is 7.05. The summed E-state index contributed by atoms with van der Waals surface area (Å²) in [5.41, 5.74) is 0.653. The van der Waals surface area contributed by atoms with E-state index in [4.69, 9.17) is 4.74 Å². The van der Waals surface area contributed by atoms with Crippen LogP contribution >= 0.6 is 23.1 Å². The van der Waals surface area contributed by atoms with Crippen molar-refractivity contribution in [2.75, 3.05) is 7.11 Å². The topological polar surface area (TPSA) is 67.9 Å². The molecular formula is C16H15N3O2S2. The number of aromatic amines is 1. The van der Waals surface area contributed by atoms with Crippen molar-refractivity contribution in [2.24, 2.45) is 0 Å². The largest absolute Gasteiger partial charge is 0.497 e. The summed E-state index contributed by atoms with van der Waals surface area (Å²) in [7, 11) is 1.60. The molecule has 0 radical (unpaired) electrons. The smallest absolute Gasteiger partial charge is 0.209 e. The predicted molar refractivity (Wildman–Crippen MR) is 92.3 cm³/mol. The number of benzene rings is 1. The Hall–Kier alpha value is -2.12. The zero-order valence-corrected chi connectivity index (χ0v) is 14.3. The molecule has 0 aliphatic heterocycles. The van der Waals surface area contributed by atoms with Gasteiger partial charge in [-0.3, -0.25) is 9.89 Å². The highest BCUT2D eigenvalue weighted by atomic mass is 32.2. The lowest BCUT2D eigenvalue weighted by Gasteiger charge is -2.08. The molecule has 0 spiro atoms. The zero-order chi connectivity index (χ0) is 16.2. The van der Waals surface area contributed by atoms with Gasteiger partial charge in [0.25, 0.3) is 0 Å². The fourth-order valence-corrected chi connectivity index (χ4v) is 3.49. The first-order valence-corrected chi connectivity index (χ1v) is 8.74. The summed E-state index contributed by atoms with van der Waals surface area (Å²) in [4.78, 5) is 17.9. The fourth-order valence-electron chi connectivity index (χ4n) is 2.02. The maximum absolute atomic E-state index is 12.5. The predicted octanol–water partition coefficient (Wildman–Crippen LogP) is 3.91. The SMILES string of the molecule is COc1ccc(C(=O)C(C)Sc2n[nH]c(-c3cccs3)n2)cc1. The van der Waals surface area contributed by atoms with Gasteiger partial charge in [0.1, 0.15) is 5.75 Å². The van der Waals surface area contributed by atoms with Crippen molar-refractivity contribution in [3.8, 4) is 16.5 Å². The lowest BCUT2D eigenvalue weighted by atomic mass is 10.1. The highest BCUT2D eigenvalue weighted by Crippen LogP contribution is 2.27. The Morgan fingerprint density at radius 2 is 2.09 bits per heavy atom. The van der Waals surface area contributed by atoms with Crippen LogP contribution in [0.3, 0.4) is 0 Å². The van der Waals surface area contributed by atoms with Crippen molar-refractivity contribution in [3.63, 3.8) is 0 Å². The first kappa shape index (κ1) is 15.8. The molecular weight excluding hydrogens is 330 g/mol. The Labute approximate surface area is 142 Å². The minimum Gasteiger partial charge on any atom is -0.497 e. The molecule has 1 unspecified atom stereocenters. The fraction of sp³-hybridized carbons (Fsp3) is 0.188. The third-order valence-corrected chi connectivity index (χ3v) is 5.08. The number of rotatable bonds is 6. The van der Waals surface area contributed by atoms with Gasteiger partial charge in [-0.15, -0.1) is 16.4 Å². The van der Waals surface area contributed by atoms with Gasteiger partial charge in [0.15, 0.2) is 11.6 Å². The number of methoxy groups -OCH3 is 1. The molecule has 2 heterocycles. The van der Waals surface area contributed by atoms with Crippen molar-refractivity contribution < 1.29 is 9.53 Å². The molecule has 5 nitrogen and oxygen atoms in total. The molecule has 0 aliphatic carbocycles. The van der Waals surface area contributed by atoms with Crippen LogP contribution in [-0.2, 0) is 0 Å². The van der Waals surface area contributed by atoms with Gasteiger partial charge >= 0.3 is 0 Å². The molecule has 2 aromatic heterocycles. The van der Waals surface area contributed by atoms with Crippen LogP contribution in [-0.4, -0.2) is 33.3 Å². The summed E-state index contributed by atoms with van der Waals surface area (Å²) in [5.74, 6) is 1.50. The molecule has 3 aromatic rings. The molecule has 3 rings (SSSR count). The highest BCUT2D eigenvalue weighted by molar-refractivity contribution is 8.00.